The summed E-state index contributed by atoms with van der Waals surface area (Å²) in [5, 5.41) is 8.24. The number of ether oxygens (including phenoxy) is 4. The topological polar surface area (TPSA) is 127 Å². The molecule has 7 fully saturated rings. The smallest absolute Gasteiger partial charge is 0.408 e. The fourth-order valence-corrected chi connectivity index (χ4v) is 11.2. The van der Waals surface area contributed by atoms with E-state index in [9.17, 15) is 9.59 Å². The molecule has 8 heterocycles. The standard InChI is InChI=1S/C48H58N6O6/c1-5-29-27-53-21-17-31(29)23-43(53)45(35-15-19-49-39-13-11-33(57-3)25-37(35)39)59-47(55)51-41-9-7-8-10-42(41)52-48(56)60-46(44-24-32-18-22-54(44)28-30(32)6-2)36-16-20-50-40-14-12-34(58-4)26-38(36)40/h5-6,11-16,19-20,25-26,29-32,41-46H,1-2,7-10,17-18,21-24,27-28H2,3-4H3,(H,51,55)(H,52,56)/t29-,30-,31-,32-,41-,42-,43-,44-,45+,46+/m0/s1. The van der Waals surface area contributed by atoms with Crippen molar-refractivity contribution in [1.82, 2.24) is 30.4 Å². The van der Waals surface area contributed by atoms with Crippen molar-refractivity contribution < 1.29 is 28.5 Å². The van der Waals surface area contributed by atoms with Gasteiger partial charge in [0, 0.05) is 47.4 Å². The van der Waals surface area contributed by atoms with Crippen LogP contribution in [0.25, 0.3) is 21.8 Å². The van der Waals surface area contributed by atoms with Gasteiger partial charge in [-0.2, -0.15) is 0 Å². The molecular formula is C48H58N6O6. The van der Waals surface area contributed by atoms with Gasteiger partial charge in [-0.25, -0.2) is 9.59 Å². The van der Waals surface area contributed by atoms with E-state index in [0.29, 0.717) is 48.0 Å². The maximum Gasteiger partial charge on any atom is 0.408 e. The van der Waals surface area contributed by atoms with Crippen LogP contribution >= 0.6 is 0 Å². The lowest BCUT2D eigenvalue weighted by molar-refractivity contribution is -0.0518. The van der Waals surface area contributed by atoms with Crippen LogP contribution in [0, 0.1) is 23.7 Å². The summed E-state index contributed by atoms with van der Waals surface area (Å²) in [4.78, 5) is 42.7. The highest BCUT2D eigenvalue weighted by Crippen LogP contribution is 2.45. The number of hydrogen-bond donors (Lipinski definition) is 2. The maximum absolute atomic E-state index is 14.2. The second-order valence-corrected chi connectivity index (χ2v) is 17.5. The molecule has 4 bridgehead atoms. The van der Waals surface area contributed by atoms with Gasteiger partial charge < -0.3 is 29.6 Å². The highest BCUT2D eigenvalue weighted by Gasteiger charge is 2.46. The number of hydrogen-bond acceptors (Lipinski definition) is 10. The lowest BCUT2D eigenvalue weighted by atomic mass is 9.73. The summed E-state index contributed by atoms with van der Waals surface area (Å²) in [5.41, 5.74) is 3.44. The molecule has 6 saturated heterocycles. The summed E-state index contributed by atoms with van der Waals surface area (Å²) in [6.45, 7) is 11.9. The van der Waals surface area contributed by atoms with Gasteiger partial charge in [-0.3, -0.25) is 19.8 Å². The van der Waals surface area contributed by atoms with Crippen molar-refractivity contribution >= 4 is 34.0 Å². The largest absolute Gasteiger partial charge is 0.497 e. The molecular weight excluding hydrogens is 757 g/mol. The molecule has 2 amide bonds. The van der Waals surface area contributed by atoms with Crippen LogP contribution in [0.4, 0.5) is 9.59 Å². The number of pyridine rings is 2. The number of alkyl carbamates (subject to hydrolysis) is 2. The van der Waals surface area contributed by atoms with Gasteiger partial charge in [0.1, 0.15) is 23.7 Å². The molecule has 11 rings (SSSR count). The molecule has 6 aliphatic heterocycles. The van der Waals surface area contributed by atoms with E-state index in [2.05, 4.69) is 55.7 Å². The Balaban J connectivity index is 0.953. The third kappa shape index (κ3) is 7.91. The van der Waals surface area contributed by atoms with Crippen molar-refractivity contribution in [2.45, 2.75) is 87.7 Å². The third-order valence-electron chi connectivity index (χ3n) is 14.4. The van der Waals surface area contributed by atoms with Crippen LogP contribution in [0.2, 0.25) is 0 Å². The molecule has 2 aromatic heterocycles. The molecule has 2 aromatic carbocycles. The zero-order valence-corrected chi connectivity index (χ0v) is 34.8. The first-order chi connectivity index (χ1) is 29.3. The molecule has 0 radical (unpaired) electrons. The molecule has 12 heteroatoms. The quantitative estimate of drug-likeness (QED) is 0.135. The second-order valence-electron chi connectivity index (χ2n) is 17.5. The lowest BCUT2D eigenvalue weighted by Gasteiger charge is -2.51. The zero-order chi connectivity index (χ0) is 41.3. The minimum absolute atomic E-state index is 0.00789. The van der Waals surface area contributed by atoms with Crippen LogP contribution in [-0.4, -0.2) is 96.5 Å². The Hall–Kier alpha value is -5.20. The zero-order valence-electron chi connectivity index (χ0n) is 34.8. The number of nitrogens with zero attached hydrogens (tertiary/aromatic N) is 4. The number of aromatic nitrogens is 2. The highest BCUT2D eigenvalue weighted by atomic mass is 16.6. The average Bonchev–Trinajstić information content (AvgIpc) is 3.30. The molecule has 316 valence electrons. The van der Waals surface area contributed by atoms with Gasteiger partial charge in [0.05, 0.1) is 49.4 Å². The molecule has 0 spiro atoms. The van der Waals surface area contributed by atoms with Gasteiger partial charge in [0.15, 0.2) is 0 Å². The Morgan fingerprint density at radius 3 is 1.52 bits per heavy atom. The van der Waals surface area contributed by atoms with E-state index in [1.165, 1.54) is 0 Å². The first kappa shape index (κ1) is 40.2. The van der Waals surface area contributed by atoms with Crippen molar-refractivity contribution in [3.8, 4) is 11.5 Å². The summed E-state index contributed by atoms with van der Waals surface area (Å²) in [6, 6.07) is 14.9. The summed E-state index contributed by atoms with van der Waals surface area (Å²) >= 11 is 0. The monoisotopic (exact) mass is 814 g/mol. The lowest BCUT2D eigenvalue weighted by Crippen LogP contribution is -2.57. The van der Waals surface area contributed by atoms with Gasteiger partial charge in [-0.05, 0) is 124 Å². The number of piperidine rings is 6. The Morgan fingerprint density at radius 2 is 1.13 bits per heavy atom. The number of amides is 2. The summed E-state index contributed by atoms with van der Waals surface area (Å²) < 4.78 is 24.4. The van der Waals surface area contributed by atoms with E-state index in [0.717, 1.165) is 97.6 Å². The molecule has 12 atom stereocenters. The van der Waals surface area contributed by atoms with E-state index in [-0.39, 0.29) is 24.2 Å². The van der Waals surface area contributed by atoms with E-state index in [4.69, 9.17) is 18.9 Å². The normalized spacial score (nSPS) is 30.5. The van der Waals surface area contributed by atoms with Crippen LogP contribution in [0.1, 0.15) is 74.7 Å². The van der Waals surface area contributed by atoms with Crippen LogP contribution in [0.5, 0.6) is 11.5 Å². The van der Waals surface area contributed by atoms with Gasteiger partial charge in [-0.1, -0.05) is 25.0 Å². The fourth-order valence-electron chi connectivity index (χ4n) is 11.2. The number of carbonyl (C=O) groups is 2. The highest BCUT2D eigenvalue weighted by molar-refractivity contribution is 5.85. The minimum atomic E-state index is -0.549. The Morgan fingerprint density at radius 1 is 0.683 bits per heavy atom. The van der Waals surface area contributed by atoms with Crippen molar-refractivity contribution in [1.29, 1.82) is 0 Å². The molecule has 2 unspecified atom stereocenters. The van der Waals surface area contributed by atoms with Crippen LogP contribution < -0.4 is 20.1 Å². The Kier molecular flexibility index (Phi) is 11.7. The van der Waals surface area contributed by atoms with Crippen molar-refractivity contribution in [3.63, 3.8) is 0 Å². The molecule has 2 N–H and O–H groups in total. The molecule has 12 nitrogen and oxygen atoms in total. The summed E-state index contributed by atoms with van der Waals surface area (Å²) in [7, 11) is 3.30. The van der Waals surface area contributed by atoms with Gasteiger partial charge in [-0.15, -0.1) is 13.2 Å². The van der Waals surface area contributed by atoms with E-state index >= 15 is 0 Å². The predicted molar refractivity (Wildman–Crippen MR) is 231 cm³/mol. The maximum atomic E-state index is 14.2. The first-order valence-corrected chi connectivity index (χ1v) is 21.9. The number of fused-ring (bicyclic) bond motifs is 8. The number of methoxy groups -OCH3 is 2. The van der Waals surface area contributed by atoms with Crippen LogP contribution in [0.3, 0.4) is 0 Å². The van der Waals surface area contributed by atoms with Gasteiger partial charge >= 0.3 is 12.2 Å². The molecule has 60 heavy (non-hydrogen) atoms. The molecule has 1 aliphatic carbocycles. The Bertz CT molecular complexity index is 2080. The van der Waals surface area contributed by atoms with Crippen molar-refractivity contribution in [2.24, 2.45) is 23.7 Å². The summed E-state index contributed by atoms with van der Waals surface area (Å²) in [5.74, 6) is 3.23. The fraction of sp³-hybridized carbons (Fsp3) is 0.500. The van der Waals surface area contributed by atoms with Crippen molar-refractivity contribution in [3.05, 3.63) is 97.4 Å². The van der Waals surface area contributed by atoms with Gasteiger partial charge in [0.25, 0.3) is 0 Å². The predicted octanol–water partition coefficient (Wildman–Crippen LogP) is 8.14. The number of nitrogens with one attached hydrogen (secondary N) is 2. The minimum Gasteiger partial charge on any atom is -0.497 e. The third-order valence-corrected chi connectivity index (χ3v) is 14.4. The van der Waals surface area contributed by atoms with Crippen molar-refractivity contribution in [2.75, 3.05) is 40.4 Å². The average molecular weight is 815 g/mol. The van der Waals surface area contributed by atoms with E-state index in [1.54, 1.807) is 26.6 Å². The van der Waals surface area contributed by atoms with Crippen LogP contribution in [-0.2, 0) is 9.47 Å². The Labute approximate surface area is 352 Å². The molecule has 4 aromatic rings. The van der Waals surface area contributed by atoms with Gasteiger partial charge in [0.2, 0.25) is 0 Å². The van der Waals surface area contributed by atoms with E-state index < -0.39 is 24.4 Å². The summed E-state index contributed by atoms with van der Waals surface area (Å²) in [6.07, 6.45) is 12.9. The second kappa shape index (κ2) is 17.4. The number of carbonyl (C=O) groups excluding carboxylic acids is 2. The van der Waals surface area contributed by atoms with Crippen LogP contribution in [0.15, 0.2) is 86.2 Å². The number of benzene rings is 2. The number of rotatable bonds is 12. The van der Waals surface area contributed by atoms with E-state index in [1.807, 2.05) is 48.5 Å². The first-order valence-electron chi connectivity index (χ1n) is 21.9. The molecule has 1 saturated carbocycles. The molecule has 7 aliphatic rings. The SMILES string of the molecule is C=C[C@H]1CN2CC[C@H]1C[C@H]2[C@H](OC(=O)N[C@H]1CCCC[C@@H]1NC(=O)O[C@H](c1ccnc2ccc(OC)cc12)[C@@H]1C[C@@H]2CCN1C[C@@H]2C=C)c1ccnc2ccc(OC)cc12.